The number of carbonyl (C=O) groups is 2. The lowest BCUT2D eigenvalue weighted by atomic mass is 10.1. The minimum Gasteiger partial charge on any atom is -0.480 e. The highest BCUT2D eigenvalue weighted by Gasteiger charge is 2.22. The van der Waals surface area contributed by atoms with Gasteiger partial charge in [0.2, 0.25) is 0 Å². The van der Waals surface area contributed by atoms with E-state index in [1.807, 2.05) is 25.1 Å². The molecule has 0 spiro atoms. The van der Waals surface area contributed by atoms with Crippen LogP contribution in [0.4, 0.5) is 0 Å². The Kier molecular flexibility index (Phi) is 5.28. The van der Waals surface area contributed by atoms with Crippen LogP contribution in [0.3, 0.4) is 0 Å². The van der Waals surface area contributed by atoms with Crippen LogP contribution in [0.15, 0.2) is 23.1 Å². The van der Waals surface area contributed by atoms with Crippen molar-refractivity contribution in [1.29, 1.82) is 0 Å². The van der Waals surface area contributed by atoms with Crippen LogP contribution in [-0.2, 0) is 4.79 Å². The zero-order chi connectivity index (χ0) is 15.4. The number of likely N-dealkylation sites (N-methyl/N-ethyl adjacent to an activating group) is 1. The van der Waals surface area contributed by atoms with E-state index in [1.54, 1.807) is 11.8 Å². The molecule has 0 atom stereocenters. The van der Waals surface area contributed by atoms with Gasteiger partial charge in [-0.05, 0) is 31.9 Å². The van der Waals surface area contributed by atoms with Crippen molar-refractivity contribution in [1.82, 2.24) is 4.90 Å². The summed E-state index contributed by atoms with van der Waals surface area (Å²) in [7, 11) is 1.53. The lowest BCUT2D eigenvalue weighted by Crippen LogP contribution is -2.32. The first kappa shape index (κ1) is 15.9. The molecule has 1 saturated carbocycles. The first-order valence-electron chi connectivity index (χ1n) is 7.22. The monoisotopic (exact) mass is 307 g/mol. The van der Waals surface area contributed by atoms with E-state index in [0.29, 0.717) is 10.8 Å². The summed E-state index contributed by atoms with van der Waals surface area (Å²) in [6.45, 7) is 1.66. The molecule has 0 aromatic heterocycles. The number of aryl methyl sites for hydroxylation is 1. The Morgan fingerprint density at radius 2 is 2.00 bits per heavy atom. The number of carboxylic acid groups (broad SMARTS) is 1. The molecule has 0 saturated heterocycles. The van der Waals surface area contributed by atoms with Crippen LogP contribution >= 0.6 is 11.8 Å². The maximum absolute atomic E-state index is 12.5. The molecule has 0 aliphatic heterocycles. The number of carbonyl (C=O) groups excluding carboxylic acids is 1. The number of amides is 1. The summed E-state index contributed by atoms with van der Waals surface area (Å²) in [6, 6.07) is 5.85. The van der Waals surface area contributed by atoms with Gasteiger partial charge in [-0.3, -0.25) is 9.59 Å². The number of benzene rings is 1. The van der Waals surface area contributed by atoms with Gasteiger partial charge in [-0.15, -0.1) is 11.8 Å². The third-order valence-corrected chi connectivity index (χ3v) is 5.10. The molecule has 1 aliphatic rings. The fourth-order valence-corrected chi connectivity index (χ4v) is 3.93. The Balaban J connectivity index is 2.21. The number of rotatable bonds is 5. The van der Waals surface area contributed by atoms with Crippen molar-refractivity contribution in [2.45, 2.75) is 42.8 Å². The van der Waals surface area contributed by atoms with Crippen molar-refractivity contribution in [2.75, 3.05) is 13.6 Å². The van der Waals surface area contributed by atoms with Crippen LogP contribution in [0, 0.1) is 6.92 Å². The van der Waals surface area contributed by atoms with E-state index in [0.717, 1.165) is 10.5 Å². The number of aliphatic carboxylic acids is 1. The number of nitrogens with zero attached hydrogens (tertiary/aromatic N) is 1. The van der Waals surface area contributed by atoms with Gasteiger partial charge in [0.1, 0.15) is 6.54 Å². The highest BCUT2D eigenvalue weighted by molar-refractivity contribution is 8.00. The molecule has 1 N–H and O–H groups in total. The lowest BCUT2D eigenvalue weighted by Gasteiger charge is -2.18. The van der Waals surface area contributed by atoms with Crippen LogP contribution < -0.4 is 0 Å². The molecule has 1 aromatic rings. The first-order chi connectivity index (χ1) is 9.97. The van der Waals surface area contributed by atoms with Crippen molar-refractivity contribution in [3.05, 3.63) is 29.3 Å². The summed E-state index contributed by atoms with van der Waals surface area (Å²) in [5.41, 5.74) is 1.63. The molecule has 0 unspecified atom stereocenters. The number of thioether (sulfide) groups is 1. The predicted molar refractivity (Wildman–Crippen MR) is 83.9 cm³/mol. The summed E-state index contributed by atoms with van der Waals surface area (Å²) >= 11 is 1.76. The quantitative estimate of drug-likeness (QED) is 0.907. The second-order valence-electron chi connectivity index (χ2n) is 5.58. The maximum atomic E-state index is 12.5. The molecule has 0 radical (unpaired) electrons. The van der Waals surface area contributed by atoms with Crippen molar-refractivity contribution in [3.63, 3.8) is 0 Å². The van der Waals surface area contributed by atoms with Gasteiger partial charge in [-0.2, -0.15) is 0 Å². The summed E-state index contributed by atoms with van der Waals surface area (Å²) in [5.74, 6) is -1.22. The SMILES string of the molecule is Cc1ccc(SC2CCCC2)c(C(=O)N(C)CC(=O)O)c1. The van der Waals surface area contributed by atoms with Gasteiger partial charge in [-0.25, -0.2) is 0 Å². The van der Waals surface area contributed by atoms with Crippen molar-refractivity contribution >= 4 is 23.6 Å². The summed E-state index contributed by atoms with van der Waals surface area (Å²) in [5, 5.41) is 9.41. The fourth-order valence-electron chi connectivity index (χ4n) is 2.58. The Hall–Kier alpha value is -1.49. The Morgan fingerprint density at radius 1 is 1.33 bits per heavy atom. The summed E-state index contributed by atoms with van der Waals surface area (Å²) in [4.78, 5) is 25.5. The van der Waals surface area contributed by atoms with Gasteiger partial charge in [0, 0.05) is 17.2 Å². The Labute approximate surface area is 129 Å². The second kappa shape index (κ2) is 6.98. The number of hydrogen-bond donors (Lipinski definition) is 1. The minimum atomic E-state index is -0.997. The van der Waals surface area contributed by atoms with Gasteiger partial charge in [0.15, 0.2) is 0 Å². The molecule has 5 heteroatoms. The lowest BCUT2D eigenvalue weighted by molar-refractivity contribution is -0.137. The van der Waals surface area contributed by atoms with Gasteiger partial charge in [-0.1, -0.05) is 24.5 Å². The Morgan fingerprint density at radius 3 is 2.62 bits per heavy atom. The third kappa shape index (κ3) is 4.24. The van der Waals surface area contributed by atoms with E-state index < -0.39 is 5.97 Å². The molecule has 1 aliphatic carbocycles. The largest absolute Gasteiger partial charge is 0.480 e. The van der Waals surface area contributed by atoms with Gasteiger partial charge in [0.25, 0.3) is 5.91 Å². The number of hydrogen-bond acceptors (Lipinski definition) is 3. The van der Waals surface area contributed by atoms with Gasteiger partial charge < -0.3 is 10.0 Å². The van der Waals surface area contributed by atoms with Crippen LogP contribution in [0.5, 0.6) is 0 Å². The maximum Gasteiger partial charge on any atom is 0.323 e. The van der Waals surface area contributed by atoms with Gasteiger partial charge in [0.05, 0.1) is 5.56 Å². The van der Waals surface area contributed by atoms with Crippen molar-refractivity contribution < 1.29 is 14.7 Å². The van der Waals surface area contributed by atoms with E-state index in [2.05, 4.69) is 0 Å². The summed E-state index contributed by atoms with van der Waals surface area (Å²) in [6.07, 6.45) is 4.89. The second-order valence-corrected chi connectivity index (χ2v) is 6.92. The zero-order valence-corrected chi connectivity index (χ0v) is 13.3. The molecule has 1 amide bonds. The predicted octanol–water partition coefficient (Wildman–Crippen LogP) is 3.19. The molecule has 0 heterocycles. The molecule has 114 valence electrons. The van der Waals surface area contributed by atoms with E-state index in [-0.39, 0.29) is 12.5 Å². The average Bonchev–Trinajstić information content (AvgIpc) is 2.92. The molecule has 1 aromatic carbocycles. The number of carboxylic acids is 1. The normalized spacial score (nSPS) is 15.1. The van der Waals surface area contributed by atoms with Crippen LogP contribution in [0.25, 0.3) is 0 Å². The molecule has 4 nitrogen and oxygen atoms in total. The third-order valence-electron chi connectivity index (χ3n) is 3.68. The fraction of sp³-hybridized carbons (Fsp3) is 0.500. The zero-order valence-electron chi connectivity index (χ0n) is 12.5. The van der Waals surface area contributed by atoms with Crippen LogP contribution in [0.2, 0.25) is 0 Å². The molecular weight excluding hydrogens is 286 g/mol. The molecule has 1 fully saturated rings. The summed E-state index contributed by atoms with van der Waals surface area (Å²) < 4.78 is 0. The molecule has 2 rings (SSSR count). The average molecular weight is 307 g/mol. The first-order valence-corrected chi connectivity index (χ1v) is 8.10. The van der Waals surface area contributed by atoms with E-state index >= 15 is 0 Å². The van der Waals surface area contributed by atoms with E-state index in [4.69, 9.17) is 5.11 Å². The van der Waals surface area contributed by atoms with Crippen molar-refractivity contribution in [2.24, 2.45) is 0 Å². The van der Waals surface area contributed by atoms with Crippen LogP contribution in [-0.4, -0.2) is 40.7 Å². The molecule has 21 heavy (non-hydrogen) atoms. The van der Waals surface area contributed by atoms with Crippen molar-refractivity contribution in [3.8, 4) is 0 Å². The highest BCUT2D eigenvalue weighted by Crippen LogP contribution is 2.36. The smallest absolute Gasteiger partial charge is 0.323 e. The minimum absolute atomic E-state index is 0.221. The molecular formula is C16H21NO3S. The van der Waals surface area contributed by atoms with E-state index in [1.165, 1.54) is 37.6 Å². The Bertz CT molecular complexity index is 538. The standard InChI is InChI=1S/C16H21NO3S/c1-11-7-8-14(21-12-5-3-4-6-12)13(9-11)16(20)17(2)10-15(18)19/h7-9,12H,3-6,10H2,1-2H3,(H,18,19). The molecule has 0 bridgehead atoms. The van der Waals surface area contributed by atoms with E-state index in [9.17, 15) is 9.59 Å². The van der Waals surface area contributed by atoms with Gasteiger partial charge >= 0.3 is 5.97 Å². The van der Waals surface area contributed by atoms with Crippen LogP contribution in [0.1, 0.15) is 41.6 Å². The topological polar surface area (TPSA) is 57.6 Å². The highest BCUT2D eigenvalue weighted by atomic mass is 32.2.